The molecule has 24 nitrogen and oxygen atoms in total. The van der Waals surface area contributed by atoms with Crippen molar-refractivity contribution in [2.45, 2.75) is 89.4 Å². The van der Waals surface area contributed by atoms with Crippen LogP contribution in [0.3, 0.4) is 0 Å². The van der Waals surface area contributed by atoms with E-state index in [0.29, 0.717) is 6.42 Å². The predicted molar refractivity (Wildman–Crippen MR) is 209 cm³/mol. The van der Waals surface area contributed by atoms with Gasteiger partial charge in [-0.25, -0.2) is 0 Å². The zero-order valence-electron chi connectivity index (χ0n) is 31.9. The van der Waals surface area contributed by atoms with Crippen LogP contribution in [0.5, 0.6) is 0 Å². The Morgan fingerprint density at radius 1 is 0.455 bits per heavy atom. The fourth-order valence-electron chi connectivity index (χ4n) is 4.70. The van der Waals surface area contributed by atoms with Gasteiger partial charge in [0.15, 0.2) is 23.8 Å². The second kappa shape index (κ2) is 27.5. The van der Waals surface area contributed by atoms with Gasteiger partial charge in [0.25, 0.3) is 0 Å². The molecule has 4 unspecified atom stereocenters. The van der Waals surface area contributed by atoms with Crippen molar-refractivity contribution >= 4 is 59.3 Å². The standard InChI is InChI=1S/C31H62N18O6/c1-17(2)23(51)45-16-22(50)46-19(9-5-13-42-29(34)35)25(53)48-21(11-7-15-44-31(38)39)27(55)49-20(10-6-14-43-30(36)37)26(54)47-18(24(52)40-3)8-4-12-41-28(32)33/h17-21H,4-16H2,1-3H3,(H,40,52)(H,45,51)(H,46,50)(H,47,54)(H,48,53)(H,49,55)(H4,32,33,41)(H4,34,35,42)(H4,36,37,43)(H4,38,39,44). The van der Waals surface area contributed by atoms with Gasteiger partial charge in [-0.1, -0.05) is 13.8 Å². The highest BCUT2D eigenvalue weighted by atomic mass is 16.2. The van der Waals surface area contributed by atoms with Crippen LogP contribution in [0.4, 0.5) is 0 Å². The SMILES string of the molecule is CNC(=O)C(CCCN=C(N)N)NC(=O)C(CCCN=C(N)N)NC(=O)C(CCCN=C(N)N)NC(=O)C(CCCN=C(N)N)NC(=O)CNC(=O)C(C)C. The van der Waals surface area contributed by atoms with E-state index in [-0.39, 0.29) is 107 Å². The molecule has 6 amide bonds. The van der Waals surface area contributed by atoms with Crippen LogP contribution in [0.15, 0.2) is 20.0 Å². The summed E-state index contributed by atoms with van der Waals surface area (Å²) in [5.41, 5.74) is 43.3. The molecule has 0 aliphatic heterocycles. The van der Waals surface area contributed by atoms with E-state index in [1.54, 1.807) is 13.8 Å². The summed E-state index contributed by atoms with van der Waals surface area (Å²) < 4.78 is 0. The second-order valence-electron chi connectivity index (χ2n) is 12.6. The Labute approximate surface area is 320 Å². The third kappa shape index (κ3) is 24.0. The van der Waals surface area contributed by atoms with Gasteiger partial charge in [-0.05, 0) is 51.4 Å². The number of carbonyl (C=O) groups excluding carboxylic acids is 6. The third-order valence-electron chi connectivity index (χ3n) is 7.53. The van der Waals surface area contributed by atoms with E-state index in [1.165, 1.54) is 7.05 Å². The first-order chi connectivity index (χ1) is 25.9. The minimum Gasteiger partial charge on any atom is -0.370 e. The van der Waals surface area contributed by atoms with Gasteiger partial charge >= 0.3 is 0 Å². The molecule has 0 aromatic carbocycles. The normalized spacial score (nSPS) is 12.7. The first-order valence-electron chi connectivity index (χ1n) is 17.8. The van der Waals surface area contributed by atoms with Crippen molar-refractivity contribution in [1.29, 1.82) is 0 Å². The van der Waals surface area contributed by atoms with Gasteiger partial charge in [-0.15, -0.1) is 0 Å². The molecule has 0 aromatic heterocycles. The average Bonchev–Trinajstić information content (AvgIpc) is 3.10. The molecule has 312 valence electrons. The van der Waals surface area contributed by atoms with Crippen molar-refractivity contribution < 1.29 is 28.8 Å². The first-order valence-corrected chi connectivity index (χ1v) is 17.8. The van der Waals surface area contributed by atoms with Crippen LogP contribution in [-0.2, 0) is 28.8 Å². The summed E-state index contributed by atoms with van der Waals surface area (Å²) in [6, 6.07) is -4.67. The van der Waals surface area contributed by atoms with Gasteiger partial charge in [0.2, 0.25) is 35.4 Å². The summed E-state index contributed by atoms with van der Waals surface area (Å²) in [6.07, 6.45) is 1.30. The van der Waals surface area contributed by atoms with Crippen molar-refractivity contribution in [2.75, 3.05) is 39.8 Å². The third-order valence-corrected chi connectivity index (χ3v) is 7.53. The number of nitrogens with one attached hydrogen (secondary N) is 6. The molecule has 0 saturated heterocycles. The quantitative estimate of drug-likeness (QED) is 0.0209. The van der Waals surface area contributed by atoms with E-state index in [9.17, 15) is 28.8 Å². The second-order valence-corrected chi connectivity index (χ2v) is 12.6. The molecule has 24 heteroatoms. The monoisotopic (exact) mass is 783 g/mol. The molecular formula is C31H62N18O6. The fraction of sp³-hybridized carbons (Fsp3) is 0.677. The van der Waals surface area contributed by atoms with Crippen LogP contribution >= 0.6 is 0 Å². The molecule has 0 heterocycles. The molecule has 0 radical (unpaired) electrons. The number of nitrogens with zero attached hydrogens (tertiary/aromatic N) is 4. The summed E-state index contributed by atoms with van der Waals surface area (Å²) >= 11 is 0. The Balaban J connectivity index is 6.37. The van der Waals surface area contributed by atoms with Gasteiger partial charge in [0.05, 0.1) is 6.54 Å². The molecule has 0 rings (SSSR count). The minimum atomic E-state index is -1.26. The zero-order valence-corrected chi connectivity index (χ0v) is 31.9. The Morgan fingerprint density at radius 3 is 1.02 bits per heavy atom. The van der Waals surface area contributed by atoms with Gasteiger partial charge in [0.1, 0.15) is 24.2 Å². The lowest BCUT2D eigenvalue weighted by atomic mass is 10.0. The molecule has 0 saturated carbocycles. The Hall–Kier alpha value is -6.10. The van der Waals surface area contributed by atoms with Gasteiger partial charge < -0.3 is 77.8 Å². The molecule has 0 aliphatic carbocycles. The first kappa shape index (κ1) is 48.9. The van der Waals surface area contributed by atoms with Gasteiger partial charge in [0, 0.05) is 39.1 Å². The molecule has 0 aliphatic rings. The Morgan fingerprint density at radius 2 is 0.745 bits per heavy atom. The van der Waals surface area contributed by atoms with Crippen LogP contribution in [0.1, 0.15) is 65.2 Å². The van der Waals surface area contributed by atoms with Crippen LogP contribution < -0.4 is 77.8 Å². The number of nitrogens with two attached hydrogens (primary N) is 8. The number of rotatable bonds is 27. The minimum absolute atomic E-state index is 0.00145. The lowest BCUT2D eigenvalue weighted by molar-refractivity contribution is -0.135. The largest absolute Gasteiger partial charge is 0.370 e. The van der Waals surface area contributed by atoms with Crippen LogP contribution in [0, 0.1) is 5.92 Å². The van der Waals surface area contributed by atoms with E-state index in [4.69, 9.17) is 45.9 Å². The number of hydrogen-bond acceptors (Lipinski definition) is 10. The van der Waals surface area contributed by atoms with E-state index in [0.717, 1.165) is 0 Å². The molecule has 0 bridgehead atoms. The summed E-state index contributed by atoms with van der Waals surface area (Å²) in [5.74, 6) is -4.76. The Bertz CT molecular complexity index is 1370. The van der Waals surface area contributed by atoms with Crippen LogP contribution in [0.2, 0.25) is 0 Å². The summed E-state index contributed by atoms with van der Waals surface area (Å²) in [7, 11) is 1.40. The molecule has 4 atom stereocenters. The number of amides is 6. The maximum Gasteiger partial charge on any atom is 0.243 e. The molecule has 22 N–H and O–H groups in total. The fourth-order valence-corrected chi connectivity index (χ4v) is 4.70. The van der Waals surface area contributed by atoms with E-state index >= 15 is 0 Å². The lowest BCUT2D eigenvalue weighted by Gasteiger charge is -2.26. The molecule has 55 heavy (non-hydrogen) atoms. The average molecular weight is 783 g/mol. The maximum absolute atomic E-state index is 13.9. The number of likely N-dealkylation sites (N-methyl/N-ethyl adjacent to an activating group) is 1. The van der Waals surface area contributed by atoms with Crippen molar-refractivity contribution in [3.05, 3.63) is 0 Å². The number of hydrogen-bond donors (Lipinski definition) is 14. The topological polar surface area (TPSA) is 432 Å². The van der Waals surface area contributed by atoms with E-state index < -0.39 is 60.2 Å². The van der Waals surface area contributed by atoms with Crippen LogP contribution in [0.25, 0.3) is 0 Å². The highest BCUT2D eigenvalue weighted by Gasteiger charge is 2.31. The van der Waals surface area contributed by atoms with Crippen LogP contribution in [-0.4, -0.2) is 123 Å². The summed E-state index contributed by atoms with van der Waals surface area (Å²) in [4.78, 5) is 94.3. The van der Waals surface area contributed by atoms with Crippen molar-refractivity contribution in [3.8, 4) is 0 Å². The van der Waals surface area contributed by atoms with E-state index in [1.807, 2.05) is 0 Å². The predicted octanol–water partition coefficient (Wildman–Crippen LogP) is -6.34. The molecular weight excluding hydrogens is 720 g/mol. The van der Waals surface area contributed by atoms with Gasteiger partial charge in [-0.2, -0.15) is 0 Å². The number of aliphatic imine (C=N–C) groups is 4. The Kier molecular flexibility index (Phi) is 24.4. The maximum atomic E-state index is 13.9. The summed E-state index contributed by atoms with van der Waals surface area (Å²) in [6.45, 7) is 3.47. The molecule has 0 fully saturated rings. The highest BCUT2D eigenvalue weighted by Crippen LogP contribution is 2.08. The van der Waals surface area contributed by atoms with Crippen molar-refractivity contribution in [3.63, 3.8) is 0 Å². The number of carbonyl (C=O) groups is 6. The zero-order chi connectivity index (χ0) is 41.9. The van der Waals surface area contributed by atoms with Crippen molar-refractivity contribution in [2.24, 2.45) is 71.8 Å². The summed E-state index contributed by atoms with van der Waals surface area (Å²) in [5, 5.41) is 15.5. The molecule has 0 aromatic rings. The van der Waals surface area contributed by atoms with Crippen molar-refractivity contribution in [1.82, 2.24) is 31.9 Å². The van der Waals surface area contributed by atoms with Gasteiger partial charge in [-0.3, -0.25) is 48.7 Å². The molecule has 0 spiro atoms. The number of guanidine groups is 4. The smallest absolute Gasteiger partial charge is 0.243 e. The van der Waals surface area contributed by atoms with E-state index in [2.05, 4.69) is 51.9 Å². The highest BCUT2D eigenvalue weighted by molar-refractivity contribution is 5.96. The lowest BCUT2D eigenvalue weighted by Crippen LogP contribution is -2.58.